The maximum atomic E-state index is 13.9. The lowest BCUT2D eigenvalue weighted by Crippen LogP contribution is -2.46. The summed E-state index contributed by atoms with van der Waals surface area (Å²) in [5.74, 6) is -0.774. The van der Waals surface area contributed by atoms with Gasteiger partial charge in [0, 0.05) is 41.6 Å². The second-order valence-corrected chi connectivity index (χ2v) is 13.0. The Hall–Kier alpha value is -3.15. The minimum atomic E-state index is -3.69. The number of nitrogens with one attached hydrogen (secondary N) is 1. The quantitative estimate of drug-likeness (QED) is 0.427. The molecule has 1 saturated heterocycles. The number of sulfonamides is 1. The summed E-state index contributed by atoms with van der Waals surface area (Å²) in [5.41, 5.74) is 0.489. The van der Waals surface area contributed by atoms with Gasteiger partial charge in [0.1, 0.15) is 5.69 Å². The summed E-state index contributed by atoms with van der Waals surface area (Å²) in [6.45, 7) is 2.42. The fourth-order valence-electron chi connectivity index (χ4n) is 5.43. The Bertz CT molecular complexity index is 1380. The summed E-state index contributed by atoms with van der Waals surface area (Å²) >= 11 is 1.39. The van der Waals surface area contributed by atoms with Gasteiger partial charge in [-0.15, -0.1) is 11.3 Å². The average Bonchev–Trinajstić information content (AvgIpc) is 3.67. The van der Waals surface area contributed by atoms with Crippen molar-refractivity contribution in [3.63, 3.8) is 0 Å². The number of carbonyl (C=O) groups excluding carboxylic acids is 2. The van der Waals surface area contributed by atoms with E-state index in [0.29, 0.717) is 17.1 Å². The van der Waals surface area contributed by atoms with E-state index in [9.17, 15) is 18.0 Å². The van der Waals surface area contributed by atoms with Crippen LogP contribution in [0, 0.1) is 0 Å². The largest absolute Gasteiger partial charge is 0.351 e. The Morgan fingerprint density at radius 1 is 1.05 bits per heavy atom. The highest BCUT2D eigenvalue weighted by Crippen LogP contribution is 2.34. The zero-order chi connectivity index (χ0) is 27.4. The molecule has 5 rings (SSSR count). The highest BCUT2D eigenvalue weighted by Gasteiger charge is 2.37. The summed E-state index contributed by atoms with van der Waals surface area (Å²) in [7, 11) is -3.69. The molecule has 1 aliphatic heterocycles. The van der Waals surface area contributed by atoms with E-state index >= 15 is 0 Å². The van der Waals surface area contributed by atoms with Gasteiger partial charge in [-0.05, 0) is 68.3 Å². The minimum Gasteiger partial charge on any atom is -0.351 e. The Morgan fingerprint density at radius 2 is 1.79 bits per heavy atom. The summed E-state index contributed by atoms with van der Waals surface area (Å²) < 4.78 is 28.4. The molecule has 2 amide bonds. The maximum absolute atomic E-state index is 13.9. The number of hydrogen-bond donors (Lipinski definition) is 1. The molecule has 1 aliphatic carbocycles. The SMILES string of the molecule is C[C@H]1CCCCN1S(=O)(=O)c1ccc(N(C(=O)c2cnccn2)[C@H](C(=O)NC2CCCC2)c2cccs2)cc1. The molecule has 0 spiro atoms. The first-order valence-corrected chi connectivity index (χ1v) is 15.7. The molecule has 39 heavy (non-hydrogen) atoms. The second-order valence-electron chi connectivity index (χ2n) is 10.1. The van der Waals surface area contributed by atoms with Crippen LogP contribution in [0.15, 0.2) is 65.3 Å². The van der Waals surface area contributed by atoms with E-state index < -0.39 is 22.0 Å². The van der Waals surface area contributed by atoms with Crippen molar-refractivity contribution in [1.29, 1.82) is 0 Å². The van der Waals surface area contributed by atoms with Crippen LogP contribution in [0.3, 0.4) is 0 Å². The third-order valence-electron chi connectivity index (χ3n) is 7.49. The molecule has 3 aromatic rings. The van der Waals surface area contributed by atoms with E-state index in [0.717, 1.165) is 44.9 Å². The van der Waals surface area contributed by atoms with Crippen LogP contribution in [0.5, 0.6) is 0 Å². The molecule has 2 atom stereocenters. The van der Waals surface area contributed by atoms with Gasteiger partial charge in [-0.2, -0.15) is 4.31 Å². The third-order valence-corrected chi connectivity index (χ3v) is 10.4. The van der Waals surface area contributed by atoms with Crippen LogP contribution in [0.1, 0.15) is 73.3 Å². The van der Waals surface area contributed by atoms with E-state index in [1.165, 1.54) is 47.0 Å². The third kappa shape index (κ3) is 5.90. The highest BCUT2D eigenvalue weighted by molar-refractivity contribution is 7.89. The molecule has 2 aromatic heterocycles. The van der Waals surface area contributed by atoms with Crippen LogP contribution >= 0.6 is 11.3 Å². The number of amides is 2. The average molecular weight is 568 g/mol. The first kappa shape index (κ1) is 27.4. The normalized spacial score (nSPS) is 19.5. The topological polar surface area (TPSA) is 113 Å². The van der Waals surface area contributed by atoms with E-state index in [1.807, 2.05) is 24.4 Å². The van der Waals surface area contributed by atoms with Gasteiger partial charge in [0.25, 0.3) is 5.91 Å². The zero-order valence-electron chi connectivity index (χ0n) is 21.9. The summed E-state index contributed by atoms with van der Waals surface area (Å²) in [5, 5.41) is 5.01. The monoisotopic (exact) mass is 567 g/mol. The van der Waals surface area contributed by atoms with E-state index in [1.54, 1.807) is 16.4 Å². The molecule has 1 N–H and O–H groups in total. The molecule has 206 valence electrons. The second kappa shape index (κ2) is 11.9. The van der Waals surface area contributed by atoms with Crippen LogP contribution in [0.2, 0.25) is 0 Å². The fraction of sp³-hybridized carbons (Fsp3) is 0.429. The Morgan fingerprint density at radius 3 is 2.44 bits per heavy atom. The number of rotatable bonds is 8. The van der Waals surface area contributed by atoms with Crippen LogP contribution in [0.4, 0.5) is 5.69 Å². The highest BCUT2D eigenvalue weighted by atomic mass is 32.2. The van der Waals surface area contributed by atoms with Crippen molar-refractivity contribution in [2.75, 3.05) is 11.4 Å². The first-order valence-electron chi connectivity index (χ1n) is 13.4. The lowest BCUT2D eigenvalue weighted by atomic mass is 10.1. The predicted molar refractivity (Wildman–Crippen MR) is 150 cm³/mol. The van der Waals surface area contributed by atoms with Crippen molar-refractivity contribution in [2.24, 2.45) is 0 Å². The van der Waals surface area contributed by atoms with Gasteiger partial charge < -0.3 is 5.32 Å². The number of anilines is 1. The lowest BCUT2D eigenvalue weighted by molar-refractivity contribution is -0.123. The van der Waals surface area contributed by atoms with E-state index in [2.05, 4.69) is 15.3 Å². The summed E-state index contributed by atoms with van der Waals surface area (Å²) in [6.07, 6.45) is 10.9. The van der Waals surface area contributed by atoms with Gasteiger partial charge in [0.05, 0.1) is 11.1 Å². The van der Waals surface area contributed by atoms with Crippen molar-refractivity contribution in [3.8, 4) is 0 Å². The van der Waals surface area contributed by atoms with Gasteiger partial charge in [-0.1, -0.05) is 25.3 Å². The molecule has 2 aliphatic rings. The molecule has 1 saturated carbocycles. The molecule has 3 heterocycles. The first-order chi connectivity index (χ1) is 18.9. The Balaban J connectivity index is 1.54. The minimum absolute atomic E-state index is 0.0625. The number of aromatic nitrogens is 2. The molecule has 2 fully saturated rings. The van der Waals surface area contributed by atoms with Gasteiger partial charge >= 0.3 is 0 Å². The molecule has 0 unspecified atom stereocenters. The standard InChI is InChI=1S/C28H33N5O4S2/c1-20-7-4-5-17-32(20)39(36,37)23-13-11-22(12-14-23)33(28(35)24-19-29-15-16-30-24)26(25-10-6-18-38-25)27(34)31-21-8-2-3-9-21/h6,10-16,18-21,26H,2-5,7-9,17H2,1H3,(H,31,34)/t20-,26-/m0/s1. The van der Waals surface area contributed by atoms with E-state index in [-0.39, 0.29) is 28.6 Å². The maximum Gasteiger partial charge on any atom is 0.279 e. The van der Waals surface area contributed by atoms with Crippen molar-refractivity contribution in [1.82, 2.24) is 19.6 Å². The molecular weight excluding hydrogens is 534 g/mol. The van der Waals surface area contributed by atoms with Crippen LogP contribution in [-0.4, -0.2) is 53.1 Å². The summed E-state index contributed by atoms with van der Waals surface area (Å²) in [6, 6.07) is 8.94. The van der Waals surface area contributed by atoms with Gasteiger partial charge in [-0.25, -0.2) is 13.4 Å². The molecular formula is C28H33N5O4S2. The molecule has 11 heteroatoms. The molecule has 0 radical (unpaired) electrons. The van der Waals surface area contributed by atoms with Crippen molar-refractivity contribution < 1.29 is 18.0 Å². The zero-order valence-corrected chi connectivity index (χ0v) is 23.5. The number of piperidine rings is 1. The number of hydrogen-bond acceptors (Lipinski definition) is 7. The Kier molecular flexibility index (Phi) is 8.39. The molecule has 1 aromatic carbocycles. The smallest absolute Gasteiger partial charge is 0.279 e. The molecule has 9 nitrogen and oxygen atoms in total. The predicted octanol–water partition coefficient (Wildman–Crippen LogP) is 4.55. The van der Waals surface area contributed by atoms with Gasteiger partial charge in [-0.3, -0.25) is 19.5 Å². The van der Waals surface area contributed by atoms with Crippen molar-refractivity contribution in [2.45, 2.75) is 74.9 Å². The molecule has 0 bridgehead atoms. The summed E-state index contributed by atoms with van der Waals surface area (Å²) in [4.78, 5) is 38.2. The fourth-order valence-corrected chi connectivity index (χ4v) is 7.94. The van der Waals surface area contributed by atoms with Crippen LogP contribution < -0.4 is 10.2 Å². The number of thiophene rings is 1. The van der Waals surface area contributed by atoms with Gasteiger partial charge in [0.15, 0.2) is 6.04 Å². The Labute approximate surface area is 233 Å². The van der Waals surface area contributed by atoms with Crippen LogP contribution in [-0.2, 0) is 14.8 Å². The van der Waals surface area contributed by atoms with E-state index in [4.69, 9.17) is 0 Å². The lowest BCUT2D eigenvalue weighted by Gasteiger charge is -2.33. The number of nitrogens with zero attached hydrogens (tertiary/aromatic N) is 4. The van der Waals surface area contributed by atoms with Gasteiger partial charge in [0.2, 0.25) is 15.9 Å². The number of benzene rings is 1. The number of carbonyl (C=O) groups is 2. The van der Waals surface area contributed by atoms with Crippen molar-refractivity contribution >= 4 is 38.9 Å². The van der Waals surface area contributed by atoms with Crippen molar-refractivity contribution in [3.05, 3.63) is 70.9 Å². The van der Waals surface area contributed by atoms with Crippen LogP contribution in [0.25, 0.3) is 0 Å².